The molecule has 2 heterocycles. The molecule has 1 amide bonds. The zero-order chi connectivity index (χ0) is 23.8. The average molecular weight is 453 g/mol. The number of carbonyl (C=O) groups is 2. The Balaban J connectivity index is 0.000000257. The third kappa shape index (κ3) is 5.86. The van der Waals surface area contributed by atoms with Crippen molar-refractivity contribution in [3.63, 3.8) is 0 Å². The highest BCUT2D eigenvalue weighted by Gasteiger charge is 2.27. The molecule has 5 rings (SSSR count). The molecule has 1 aromatic heterocycles. The molecule has 170 valence electrons. The number of hydrogen-bond acceptors (Lipinski definition) is 5. The van der Waals surface area contributed by atoms with E-state index < -0.39 is 0 Å². The number of aromatic nitrogens is 1. The van der Waals surface area contributed by atoms with Crippen molar-refractivity contribution >= 4 is 11.7 Å². The number of fused-ring (bicyclic) bond motifs is 1. The number of ether oxygens (including phenoxy) is 2. The highest BCUT2D eigenvalue weighted by atomic mass is 16.5. The number of amides is 1. The van der Waals surface area contributed by atoms with Crippen LogP contribution in [0.3, 0.4) is 0 Å². The fourth-order valence-corrected chi connectivity index (χ4v) is 3.50. The first kappa shape index (κ1) is 22.7. The minimum Gasteiger partial charge on any atom is -0.489 e. The highest BCUT2D eigenvalue weighted by Crippen LogP contribution is 2.37. The molecule has 1 unspecified atom stereocenters. The molecule has 3 aromatic carbocycles. The van der Waals surface area contributed by atoms with Gasteiger partial charge in [0.15, 0.2) is 5.78 Å². The first-order chi connectivity index (χ1) is 16.6. The van der Waals surface area contributed by atoms with Crippen molar-refractivity contribution in [2.24, 2.45) is 5.73 Å². The molecule has 34 heavy (non-hydrogen) atoms. The summed E-state index contributed by atoms with van der Waals surface area (Å²) in [6.07, 6.45) is 3.57. The van der Waals surface area contributed by atoms with Gasteiger partial charge in [-0.25, -0.2) is 0 Å². The summed E-state index contributed by atoms with van der Waals surface area (Å²) in [5, 5.41) is 0. The third-order valence-electron chi connectivity index (χ3n) is 5.28. The number of carbonyl (C=O) groups excluding carboxylic acids is 2. The van der Waals surface area contributed by atoms with E-state index in [9.17, 15) is 9.59 Å². The first-order valence-electron chi connectivity index (χ1n) is 10.9. The molecular formula is C28H24N2O4. The van der Waals surface area contributed by atoms with Gasteiger partial charge in [-0.2, -0.15) is 0 Å². The van der Waals surface area contributed by atoms with Crippen molar-refractivity contribution in [3.8, 4) is 11.5 Å². The fourth-order valence-electron chi connectivity index (χ4n) is 3.50. The molecule has 0 aliphatic carbocycles. The molecule has 1 aliphatic rings. The number of benzene rings is 3. The molecule has 1 aliphatic heterocycles. The summed E-state index contributed by atoms with van der Waals surface area (Å²) in [5.74, 6) is 0.973. The summed E-state index contributed by atoms with van der Waals surface area (Å²) < 4.78 is 11.9. The standard InChI is InChI=1S/C21H17NO3.C7H7NO/c23-19-13-20(16-4-2-1-3-5-16)25-21-12-17(6-7-18(19)21)24-14-15-8-10-22-11-9-15;8-7(9)6-4-2-1-3-5-6/h1-12,20H,13-14H2;1-5H,(H2,8,9). The zero-order valence-corrected chi connectivity index (χ0v) is 18.5. The van der Waals surface area contributed by atoms with Crippen LogP contribution in [0.2, 0.25) is 0 Å². The Kier molecular flexibility index (Phi) is 7.30. The Labute approximate surface area is 198 Å². The minimum absolute atomic E-state index is 0.0933. The van der Waals surface area contributed by atoms with Gasteiger partial charge >= 0.3 is 0 Å². The van der Waals surface area contributed by atoms with E-state index in [0.717, 1.165) is 11.1 Å². The van der Waals surface area contributed by atoms with E-state index in [2.05, 4.69) is 4.98 Å². The number of pyridine rings is 1. The molecule has 4 aromatic rings. The van der Waals surface area contributed by atoms with Crippen LogP contribution in [0.4, 0.5) is 0 Å². The molecule has 0 spiro atoms. The maximum atomic E-state index is 12.4. The van der Waals surface area contributed by atoms with Crippen LogP contribution in [0, 0.1) is 0 Å². The van der Waals surface area contributed by atoms with Gasteiger partial charge in [0.2, 0.25) is 5.91 Å². The van der Waals surface area contributed by atoms with E-state index >= 15 is 0 Å². The largest absolute Gasteiger partial charge is 0.489 e. The van der Waals surface area contributed by atoms with E-state index in [0.29, 0.717) is 35.7 Å². The van der Waals surface area contributed by atoms with Crippen molar-refractivity contribution in [3.05, 3.63) is 126 Å². The molecule has 0 fully saturated rings. The topological polar surface area (TPSA) is 91.5 Å². The lowest BCUT2D eigenvalue weighted by Gasteiger charge is -2.26. The number of hydrogen-bond donors (Lipinski definition) is 1. The number of primary amides is 1. The van der Waals surface area contributed by atoms with Crippen molar-refractivity contribution in [1.82, 2.24) is 4.98 Å². The summed E-state index contributed by atoms with van der Waals surface area (Å²) in [6.45, 7) is 0.442. The van der Waals surface area contributed by atoms with Gasteiger partial charge in [0.1, 0.15) is 24.2 Å². The van der Waals surface area contributed by atoms with Gasteiger partial charge in [-0.15, -0.1) is 0 Å². The number of nitrogens with zero attached hydrogens (tertiary/aromatic N) is 1. The van der Waals surface area contributed by atoms with Crippen LogP contribution in [-0.2, 0) is 6.61 Å². The minimum atomic E-state index is -0.379. The van der Waals surface area contributed by atoms with E-state index in [1.54, 1.807) is 48.8 Å². The summed E-state index contributed by atoms with van der Waals surface area (Å²) in [5.41, 5.74) is 8.18. The van der Waals surface area contributed by atoms with Gasteiger partial charge in [-0.05, 0) is 47.5 Å². The van der Waals surface area contributed by atoms with E-state index in [4.69, 9.17) is 15.2 Å². The molecule has 2 N–H and O–H groups in total. The van der Waals surface area contributed by atoms with Crippen molar-refractivity contribution in [2.45, 2.75) is 19.1 Å². The molecule has 0 saturated heterocycles. The predicted octanol–water partition coefficient (Wildman–Crippen LogP) is 5.15. The molecule has 1 atom stereocenters. The molecule has 0 radical (unpaired) electrons. The van der Waals surface area contributed by atoms with Gasteiger partial charge in [0, 0.05) is 24.0 Å². The summed E-state index contributed by atoms with van der Waals surface area (Å²) in [7, 11) is 0. The van der Waals surface area contributed by atoms with Crippen LogP contribution in [-0.4, -0.2) is 16.7 Å². The van der Waals surface area contributed by atoms with Crippen LogP contribution >= 0.6 is 0 Å². The monoisotopic (exact) mass is 452 g/mol. The first-order valence-corrected chi connectivity index (χ1v) is 10.9. The molecule has 0 saturated carbocycles. The number of rotatable bonds is 5. The molecule has 0 bridgehead atoms. The summed E-state index contributed by atoms with van der Waals surface area (Å²) in [4.78, 5) is 26.8. The summed E-state index contributed by atoms with van der Waals surface area (Å²) >= 11 is 0. The maximum absolute atomic E-state index is 12.4. The lowest BCUT2D eigenvalue weighted by Crippen LogP contribution is -2.20. The quantitative estimate of drug-likeness (QED) is 0.452. The second-order valence-electron chi connectivity index (χ2n) is 7.68. The lowest BCUT2D eigenvalue weighted by molar-refractivity contribution is 0.0848. The van der Waals surface area contributed by atoms with E-state index in [1.807, 2.05) is 54.6 Å². The predicted molar refractivity (Wildman–Crippen MR) is 129 cm³/mol. The smallest absolute Gasteiger partial charge is 0.248 e. The Morgan fingerprint density at radius 2 is 1.62 bits per heavy atom. The Morgan fingerprint density at radius 3 is 2.26 bits per heavy atom. The van der Waals surface area contributed by atoms with Gasteiger partial charge in [-0.1, -0.05) is 48.5 Å². The van der Waals surface area contributed by atoms with Crippen LogP contribution in [0.5, 0.6) is 11.5 Å². The van der Waals surface area contributed by atoms with Gasteiger partial charge < -0.3 is 15.2 Å². The van der Waals surface area contributed by atoms with Crippen LogP contribution in [0.25, 0.3) is 0 Å². The Bertz CT molecular complexity index is 1250. The second kappa shape index (κ2) is 10.9. The summed E-state index contributed by atoms with van der Waals surface area (Å²) in [6, 6.07) is 27.8. The molecule has 6 heteroatoms. The normalized spacial score (nSPS) is 14.1. The van der Waals surface area contributed by atoms with Crippen molar-refractivity contribution < 1.29 is 19.1 Å². The van der Waals surface area contributed by atoms with Crippen molar-refractivity contribution in [2.75, 3.05) is 0 Å². The van der Waals surface area contributed by atoms with Crippen LogP contribution in [0.15, 0.2) is 103 Å². The van der Waals surface area contributed by atoms with Gasteiger partial charge in [0.05, 0.1) is 12.0 Å². The third-order valence-corrected chi connectivity index (χ3v) is 5.28. The number of ketones is 1. The zero-order valence-electron chi connectivity index (χ0n) is 18.5. The average Bonchev–Trinajstić information content (AvgIpc) is 2.89. The SMILES string of the molecule is NC(=O)c1ccccc1.O=C1CC(c2ccccc2)Oc2cc(OCc3ccncc3)ccc21. The van der Waals surface area contributed by atoms with Crippen LogP contribution < -0.4 is 15.2 Å². The van der Waals surface area contributed by atoms with Crippen molar-refractivity contribution in [1.29, 1.82) is 0 Å². The molecule has 6 nitrogen and oxygen atoms in total. The Morgan fingerprint density at radius 1 is 0.941 bits per heavy atom. The van der Waals surface area contributed by atoms with Gasteiger partial charge in [0.25, 0.3) is 0 Å². The number of Topliss-reactive ketones (excluding diaryl/α,β-unsaturated/α-hetero) is 1. The molecular weight excluding hydrogens is 428 g/mol. The van der Waals surface area contributed by atoms with Gasteiger partial charge in [-0.3, -0.25) is 14.6 Å². The number of nitrogens with two attached hydrogens (primary N) is 1. The maximum Gasteiger partial charge on any atom is 0.248 e. The van der Waals surface area contributed by atoms with E-state index in [1.165, 1.54) is 0 Å². The fraction of sp³-hybridized carbons (Fsp3) is 0.107. The van der Waals surface area contributed by atoms with E-state index in [-0.39, 0.29) is 17.8 Å². The highest BCUT2D eigenvalue weighted by molar-refractivity contribution is 6.00. The van der Waals surface area contributed by atoms with Crippen LogP contribution in [0.1, 0.15) is 44.4 Å². The second-order valence-corrected chi connectivity index (χ2v) is 7.68. The lowest BCUT2D eigenvalue weighted by atomic mass is 9.96. The Hall–Kier alpha value is -4.45.